The van der Waals surface area contributed by atoms with E-state index in [4.69, 9.17) is 4.74 Å². The first-order valence-corrected chi connectivity index (χ1v) is 9.00. The van der Waals surface area contributed by atoms with Crippen LogP contribution in [0.2, 0.25) is 0 Å². The van der Waals surface area contributed by atoms with E-state index in [1.165, 1.54) is 36.4 Å². The quantitative estimate of drug-likeness (QED) is 0.507. The Hall–Kier alpha value is -0.900. The molecule has 0 aliphatic rings. The van der Waals surface area contributed by atoms with Crippen molar-refractivity contribution in [3.05, 3.63) is 48.5 Å². The van der Waals surface area contributed by atoms with E-state index in [0.29, 0.717) is 11.5 Å². The third-order valence-corrected chi connectivity index (χ3v) is 4.58. The zero-order valence-electron chi connectivity index (χ0n) is 11.9. The van der Waals surface area contributed by atoms with E-state index in [9.17, 15) is 21.4 Å². The van der Waals surface area contributed by atoms with Gasteiger partial charge in [-0.1, -0.05) is 0 Å². The third kappa shape index (κ3) is 5.08. The predicted octanol–water partition coefficient (Wildman–Crippen LogP) is -1.21. The summed E-state index contributed by atoms with van der Waals surface area (Å²) in [6.07, 6.45) is 1.10. The summed E-state index contributed by atoms with van der Waals surface area (Å²) in [5.41, 5.74) is 0. The normalized spacial score (nSPS) is 11.5. The molecule has 2 aromatic rings. The van der Waals surface area contributed by atoms with Crippen molar-refractivity contribution >= 4 is 20.0 Å². The van der Waals surface area contributed by atoms with Crippen LogP contribution in [-0.4, -0.2) is 27.6 Å². The molecule has 0 radical (unpaired) electrons. The molecule has 0 spiro atoms. The first kappa shape index (κ1) is 19.1. The molecule has 0 aliphatic heterocycles. The van der Waals surface area contributed by atoms with Crippen LogP contribution in [0.1, 0.15) is 0 Å². The van der Waals surface area contributed by atoms with Crippen LogP contribution >= 0.6 is 0 Å². The fourth-order valence-corrected chi connectivity index (χ4v) is 2.67. The summed E-state index contributed by atoms with van der Waals surface area (Å²) >= 11 is 0. The van der Waals surface area contributed by atoms with E-state index in [1.807, 2.05) is 0 Å². The van der Waals surface area contributed by atoms with Crippen molar-refractivity contribution in [2.45, 2.75) is 9.79 Å². The molecule has 0 bridgehead atoms. The molecular weight excluding hydrogens is 339 g/mol. The largest absolute Gasteiger partial charge is 1.00 e. The Labute approximate surface area is 151 Å². The number of hydrogen-bond acceptors (Lipinski definition) is 6. The zero-order valence-corrected chi connectivity index (χ0v) is 15.5. The van der Waals surface area contributed by atoms with Crippen molar-refractivity contribution in [2.24, 2.45) is 0 Å². The van der Waals surface area contributed by atoms with Gasteiger partial charge in [0, 0.05) is 6.26 Å². The van der Waals surface area contributed by atoms with E-state index in [2.05, 4.69) is 0 Å². The molecule has 0 aromatic heterocycles. The minimum Gasteiger partial charge on any atom is -0.744 e. The van der Waals surface area contributed by atoms with Gasteiger partial charge in [-0.3, -0.25) is 0 Å². The van der Waals surface area contributed by atoms with E-state index in [-0.39, 0.29) is 39.3 Å². The van der Waals surface area contributed by atoms with Crippen molar-refractivity contribution in [2.75, 3.05) is 6.26 Å². The molecule has 0 amide bonds. The summed E-state index contributed by atoms with van der Waals surface area (Å²) in [7, 11) is -7.76. The number of hydrogen-bond donors (Lipinski definition) is 0. The maximum absolute atomic E-state index is 11.3. The van der Waals surface area contributed by atoms with Crippen LogP contribution in [0.5, 0.6) is 11.5 Å². The van der Waals surface area contributed by atoms with Crippen LogP contribution in [0.4, 0.5) is 0 Å². The molecule has 22 heavy (non-hydrogen) atoms. The van der Waals surface area contributed by atoms with Gasteiger partial charge in [0.1, 0.15) is 21.6 Å². The van der Waals surface area contributed by atoms with Crippen LogP contribution in [0.25, 0.3) is 0 Å². The molecule has 0 saturated heterocycles. The van der Waals surface area contributed by atoms with Gasteiger partial charge in [-0.2, -0.15) is 0 Å². The van der Waals surface area contributed by atoms with Crippen molar-refractivity contribution < 1.29 is 55.7 Å². The van der Waals surface area contributed by atoms with Gasteiger partial charge in [-0.05, 0) is 48.5 Å². The maximum atomic E-state index is 11.3. The first-order valence-electron chi connectivity index (χ1n) is 5.70. The molecule has 0 unspecified atom stereocenters. The molecule has 0 saturated carbocycles. The van der Waals surface area contributed by atoms with Gasteiger partial charge < -0.3 is 9.29 Å². The fraction of sp³-hybridized carbons (Fsp3) is 0.0769. The average molecular weight is 350 g/mol. The number of benzene rings is 2. The Morgan fingerprint density at radius 3 is 1.45 bits per heavy atom. The SMILES string of the molecule is CS(=O)(=O)c1ccc(Oc2ccc(S(=O)(=O)[O-])cc2)cc1.[Na+]. The molecule has 0 N–H and O–H groups in total. The molecule has 2 rings (SSSR count). The minimum absolute atomic E-state index is 0. The van der Waals surface area contributed by atoms with Crippen LogP contribution in [0.15, 0.2) is 58.3 Å². The van der Waals surface area contributed by atoms with Crippen LogP contribution in [-0.2, 0) is 20.0 Å². The zero-order chi connectivity index (χ0) is 15.7. The Morgan fingerprint density at radius 1 is 0.773 bits per heavy atom. The number of ether oxygens (including phenoxy) is 1. The van der Waals surface area contributed by atoms with Crippen molar-refractivity contribution in [1.29, 1.82) is 0 Å². The molecule has 2 aromatic carbocycles. The van der Waals surface area contributed by atoms with E-state index in [0.717, 1.165) is 18.4 Å². The van der Waals surface area contributed by atoms with Crippen molar-refractivity contribution in [3.8, 4) is 11.5 Å². The molecule has 0 aliphatic carbocycles. The Morgan fingerprint density at radius 2 is 1.14 bits per heavy atom. The summed E-state index contributed by atoms with van der Waals surface area (Å²) in [6.45, 7) is 0. The second-order valence-electron chi connectivity index (χ2n) is 4.27. The van der Waals surface area contributed by atoms with Crippen molar-refractivity contribution in [3.63, 3.8) is 0 Å². The number of sulfone groups is 1. The Kier molecular flexibility index (Phi) is 6.19. The molecule has 9 heteroatoms. The monoisotopic (exact) mass is 350 g/mol. The molecule has 0 atom stereocenters. The summed E-state index contributed by atoms with van der Waals surface area (Å²) in [5, 5.41) is 0. The molecule has 6 nitrogen and oxygen atoms in total. The van der Waals surface area contributed by atoms with Gasteiger partial charge in [0.15, 0.2) is 9.84 Å². The van der Waals surface area contributed by atoms with Gasteiger partial charge in [-0.25, -0.2) is 16.8 Å². The third-order valence-electron chi connectivity index (χ3n) is 2.60. The smallest absolute Gasteiger partial charge is 0.744 e. The molecule has 112 valence electrons. The minimum atomic E-state index is -4.49. The maximum Gasteiger partial charge on any atom is 1.00 e. The topological polar surface area (TPSA) is 101 Å². The molecule has 0 fully saturated rings. The number of rotatable bonds is 4. The summed E-state index contributed by atoms with van der Waals surface area (Å²) in [5.74, 6) is 0.717. The van der Waals surface area contributed by atoms with E-state index in [1.54, 1.807) is 0 Å². The second kappa shape index (κ2) is 7.12. The Balaban J connectivity index is 0.00000242. The first-order chi connectivity index (χ1) is 9.66. The predicted molar refractivity (Wildman–Crippen MR) is 74.0 cm³/mol. The molecular formula is C13H11NaO6S2. The summed E-state index contributed by atoms with van der Waals surface area (Å²) in [6, 6.07) is 10.7. The van der Waals surface area contributed by atoms with Crippen LogP contribution in [0, 0.1) is 0 Å². The average Bonchev–Trinajstić information content (AvgIpc) is 2.38. The van der Waals surface area contributed by atoms with Crippen molar-refractivity contribution in [1.82, 2.24) is 0 Å². The van der Waals surface area contributed by atoms with Gasteiger partial charge in [-0.15, -0.1) is 0 Å². The van der Waals surface area contributed by atoms with E-state index < -0.39 is 20.0 Å². The van der Waals surface area contributed by atoms with E-state index >= 15 is 0 Å². The Bertz CT molecular complexity index is 767. The van der Waals surface area contributed by atoms with Crippen LogP contribution in [0.3, 0.4) is 0 Å². The summed E-state index contributed by atoms with van der Waals surface area (Å²) in [4.78, 5) is -0.176. The van der Waals surface area contributed by atoms with Gasteiger partial charge >= 0.3 is 29.6 Å². The van der Waals surface area contributed by atoms with Gasteiger partial charge in [0.2, 0.25) is 0 Å². The van der Waals surface area contributed by atoms with Gasteiger partial charge in [0.05, 0.1) is 9.79 Å². The molecule has 0 heterocycles. The standard InChI is InChI=1S/C13H12O6S2.Na/c1-20(14,15)12-6-2-10(3-7-12)19-11-4-8-13(9-5-11)21(16,17)18;/h2-9H,1H3,(H,16,17,18);/q;+1/p-1. The second-order valence-corrected chi connectivity index (χ2v) is 7.67. The fourth-order valence-electron chi connectivity index (χ4n) is 1.57. The van der Waals surface area contributed by atoms with Crippen LogP contribution < -0.4 is 34.3 Å². The summed E-state index contributed by atoms with van der Waals surface area (Å²) < 4.78 is 60.4. The van der Waals surface area contributed by atoms with Gasteiger partial charge in [0.25, 0.3) is 0 Å².